The number of amides is 1. The Hall–Kier alpha value is -0.940. The molecule has 0 aromatic heterocycles. The molecule has 25 heavy (non-hydrogen) atoms. The smallest absolute Gasteiger partial charge is 0.222 e. The third-order valence-corrected chi connectivity index (χ3v) is 5.44. The fraction of sp³-hybridized carbons (Fsp3) is 0.900. The molecule has 5 heteroatoms. The highest BCUT2D eigenvalue weighted by molar-refractivity contribution is 5.78. The molecular weight excluding hydrogens is 318 g/mol. The highest BCUT2D eigenvalue weighted by Crippen LogP contribution is 2.26. The van der Waals surface area contributed by atoms with E-state index >= 15 is 0 Å². The number of ether oxygens (including phenoxy) is 2. The van der Waals surface area contributed by atoms with Crippen LogP contribution in [0, 0.1) is 5.92 Å². The number of hydrogen-bond acceptors (Lipinski definition) is 4. The van der Waals surface area contributed by atoms with Crippen LogP contribution in [0.3, 0.4) is 0 Å². The van der Waals surface area contributed by atoms with E-state index < -0.39 is 0 Å². The van der Waals surface area contributed by atoms with Crippen molar-refractivity contribution < 1.29 is 19.1 Å². The molecule has 0 aromatic carbocycles. The quantitative estimate of drug-likeness (QED) is 0.726. The molecule has 1 amide bonds. The lowest BCUT2D eigenvalue weighted by Crippen LogP contribution is -2.39. The predicted molar refractivity (Wildman–Crippen MR) is 97.4 cm³/mol. The van der Waals surface area contributed by atoms with Crippen LogP contribution in [0.15, 0.2) is 0 Å². The minimum Gasteiger partial charge on any atom is -0.378 e. The van der Waals surface area contributed by atoms with Crippen LogP contribution in [0.1, 0.15) is 78.6 Å². The van der Waals surface area contributed by atoms with Gasteiger partial charge in [0.15, 0.2) is 0 Å². The minimum absolute atomic E-state index is 0.0723. The normalized spacial score (nSPS) is 30.2. The molecular formula is C20H35NO4. The van der Waals surface area contributed by atoms with Crippen LogP contribution < -0.4 is 5.32 Å². The summed E-state index contributed by atoms with van der Waals surface area (Å²) in [7, 11) is 0. The Balaban J connectivity index is 1.54. The Morgan fingerprint density at radius 3 is 2.12 bits per heavy atom. The first kappa shape index (κ1) is 20.4. The van der Waals surface area contributed by atoms with Crippen molar-refractivity contribution in [3.8, 4) is 0 Å². The van der Waals surface area contributed by atoms with Crippen molar-refractivity contribution in [1.82, 2.24) is 5.32 Å². The molecule has 0 saturated heterocycles. The Labute approximate surface area is 152 Å². The summed E-state index contributed by atoms with van der Waals surface area (Å²) in [6, 6.07) is 0.228. The Kier molecular flexibility index (Phi) is 8.37. The van der Waals surface area contributed by atoms with Gasteiger partial charge in [0, 0.05) is 18.4 Å². The van der Waals surface area contributed by atoms with Crippen molar-refractivity contribution in [3.05, 3.63) is 0 Å². The van der Waals surface area contributed by atoms with Crippen molar-refractivity contribution in [2.45, 2.75) is 103 Å². The lowest BCUT2D eigenvalue weighted by atomic mass is 9.84. The number of nitrogens with one attached hydrogen (secondary N) is 1. The van der Waals surface area contributed by atoms with Gasteiger partial charge in [0.1, 0.15) is 5.78 Å². The van der Waals surface area contributed by atoms with E-state index in [-0.39, 0.29) is 35.9 Å². The van der Waals surface area contributed by atoms with Gasteiger partial charge < -0.3 is 14.8 Å². The average Bonchev–Trinajstić information content (AvgIpc) is 2.56. The van der Waals surface area contributed by atoms with E-state index in [4.69, 9.17) is 9.47 Å². The number of hydrogen-bond donors (Lipinski definition) is 1. The number of carbonyl (C=O) groups is 2. The van der Waals surface area contributed by atoms with Crippen molar-refractivity contribution in [2.75, 3.05) is 6.61 Å². The van der Waals surface area contributed by atoms with Crippen molar-refractivity contribution in [3.63, 3.8) is 0 Å². The molecule has 0 atom stereocenters. The molecule has 0 aliphatic heterocycles. The van der Waals surface area contributed by atoms with E-state index in [1.54, 1.807) is 6.92 Å². The molecule has 0 aromatic rings. The number of rotatable bonds is 8. The Bertz CT molecular complexity index is 421. The first-order chi connectivity index (χ1) is 11.9. The van der Waals surface area contributed by atoms with Gasteiger partial charge in [-0.2, -0.15) is 0 Å². The number of ketones is 1. The van der Waals surface area contributed by atoms with Crippen molar-refractivity contribution in [1.29, 1.82) is 0 Å². The van der Waals surface area contributed by atoms with Gasteiger partial charge in [0.2, 0.25) is 5.91 Å². The molecule has 2 rings (SSSR count). The van der Waals surface area contributed by atoms with E-state index in [0.29, 0.717) is 19.1 Å². The molecule has 2 saturated carbocycles. The zero-order chi connectivity index (χ0) is 18.2. The molecule has 144 valence electrons. The second kappa shape index (κ2) is 10.3. The highest BCUT2D eigenvalue weighted by atomic mass is 16.5. The standard InChI is InChI=1S/C20H35NO4/c1-14(2)25-19-10-8-18(9-11-19)24-13-12-20(23)21-17-6-4-16(5-7-17)15(3)22/h14,16-19H,4-13H2,1-3H3,(H,21,23)/t16-,17-,18-,19+. The van der Waals surface area contributed by atoms with Crippen LogP contribution in [0.5, 0.6) is 0 Å². The monoisotopic (exact) mass is 353 g/mol. The Morgan fingerprint density at radius 2 is 1.56 bits per heavy atom. The lowest BCUT2D eigenvalue weighted by molar-refractivity contribution is -0.124. The van der Waals surface area contributed by atoms with E-state index in [0.717, 1.165) is 51.4 Å². The molecule has 1 N–H and O–H groups in total. The van der Waals surface area contributed by atoms with E-state index in [9.17, 15) is 9.59 Å². The predicted octanol–water partition coefficient (Wildman–Crippen LogP) is 3.39. The molecule has 2 fully saturated rings. The number of Topliss-reactive ketones (excluding diaryl/α,β-unsaturated/α-hetero) is 1. The van der Waals surface area contributed by atoms with Crippen molar-refractivity contribution in [2.24, 2.45) is 5.92 Å². The van der Waals surface area contributed by atoms with Crippen LogP contribution in [0.2, 0.25) is 0 Å². The largest absolute Gasteiger partial charge is 0.378 e. The van der Waals surface area contributed by atoms with Crippen LogP contribution in [0.25, 0.3) is 0 Å². The van der Waals surface area contributed by atoms with Gasteiger partial charge in [-0.05, 0) is 72.1 Å². The maximum atomic E-state index is 12.1. The van der Waals surface area contributed by atoms with Crippen LogP contribution in [0.4, 0.5) is 0 Å². The zero-order valence-corrected chi connectivity index (χ0v) is 16.1. The Morgan fingerprint density at radius 1 is 0.960 bits per heavy atom. The zero-order valence-electron chi connectivity index (χ0n) is 16.1. The molecule has 0 heterocycles. The second-order valence-corrected chi connectivity index (χ2v) is 7.93. The van der Waals surface area contributed by atoms with Crippen LogP contribution in [-0.2, 0) is 19.1 Å². The topological polar surface area (TPSA) is 64.6 Å². The SMILES string of the molecule is CC(=O)[C@H]1CC[C@H](NC(=O)CCO[C@H]2CC[C@@H](OC(C)C)CC2)CC1. The van der Waals surface area contributed by atoms with Crippen LogP contribution in [-0.4, -0.2) is 42.7 Å². The summed E-state index contributed by atoms with van der Waals surface area (Å²) >= 11 is 0. The second-order valence-electron chi connectivity index (χ2n) is 7.93. The van der Waals surface area contributed by atoms with Gasteiger partial charge in [0.25, 0.3) is 0 Å². The van der Waals surface area contributed by atoms with Gasteiger partial charge in [-0.1, -0.05) is 0 Å². The van der Waals surface area contributed by atoms with E-state index in [1.807, 2.05) is 0 Å². The minimum atomic E-state index is 0.0723. The third kappa shape index (κ3) is 7.45. The van der Waals surface area contributed by atoms with Crippen molar-refractivity contribution >= 4 is 11.7 Å². The number of carbonyl (C=O) groups excluding carboxylic acids is 2. The first-order valence-electron chi connectivity index (χ1n) is 10.0. The van der Waals surface area contributed by atoms with Gasteiger partial charge in [-0.25, -0.2) is 0 Å². The van der Waals surface area contributed by atoms with Gasteiger partial charge in [-0.15, -0.1) is 0 Å². The summed E-state index contributed by atoms with van der Waals surface area (Å²) in [5, 5.41) is 3.09. The summed E-state index contributed by atoms with van der Waals surface area (Å²) in [5.41, 5.74) is 0. The third-order valence-electron chi connectivity index (χ3n) is 5.44. The lowest BCUT2D eigenvalue weighted by Gasteiger charge is -2.30. The maximum absolute atomic E-state index is 12.1. The molecule has 2 aliphatic carbocycles. The first-order valence-corrected chi connectivity index (χ1v) is 10.0. The highest BCUT2D eigenvalue weighted by Gasteiger charge is 2.25. The molecule has 0 spiro atoms. The van der Waals surface area contributed by atoms with Gasteiger partial charge in [-0.3, -0.25) is 9.59 Å². The average molecular weight is 354 g/mol. The fourth-order valence-electron chi connectivity index (χ4n) is 3.98. The van der Waals surface area contributed by atoms with E-state index in [1.165, 1.54) is 0 Å². The van der Waals surface area contributed by atoms with Crippen LogP contribution >= 0.6 is 0 Å². The fourth-order valence-corrected chi connectivity index (χ4v) is 3.98. The summed E-state index contributed by atoms with van der Waals surface area (Å²) in [5.74, 6) is 0.557. The summed E-state index contributed by atoms with van der Waals surface area (Å²) in [6.45, 7) is 6.32. The molecule has 5 nitrogen and oxygen atoms in total. The molecule has 0 unspecified atom stereocenters. The molecule has 2 aliphatic rings. The van der Waals surface area contributed by atoms with E-state index in [2.05, 4.69) is 19.2 Å². The van der Waals surface area contributed by atoms with Gasteiger partial charge >= 0.3 is 0 Å². The summed E-state index contributed by atoms with van der Waals surface area (Å²) < 4.78 is 11.7. The van der Waals surface area contributed by atoms with Gasteiger partial charge in [0.05, 0.1) is 24.9 Å². The molecule has 0 bridgehead atoms. The maximum Gasteiger partial charge on any atom is 0.222 e. The summed E-state index contributed by atoms with van der Waals surface area (Å²) in [4.78, 5) is 23.4. The summed E-state index contributed by atoms with van der Waals surface area (Å²) in [6.07, 6.45) is 9.13. The molecule has 0 radical (unpaired) electrons.